The second kappa shape index (κ2) is 4.87. The number of nitrogens with one attached hydrogen (secondary N) is 1. The molecule has 2 aromatic rings. The molecule has 0 saturated heterocycles. The predicted molar refractivity (Wildman–Crippen MR) is 76.3 cm³/mol. The molecule has 0 radical (unpaired) electrons. The van der Waals surface area contributed by atoms with E-state index < -0.39 is 10.0 Å². The van der Waals surface area contributed by atoms with Crippen LogP contribution >= 0.6 is 11.3 Å². The molecule has 6 nitrogen and oxygen atoms in total. The van der Waals surface area contributed by atoms with Gasteiger partial charge in [0.15, 0.2) is 5.13 Å². The van der Waals surface area contributed by atoms with E-state index in [-0.39, 0.29) is 11.5 Å². The summed E-state index contributed by atoms with van der Waals surface area (Å²) in [6.45, 7) is 1.70. The van der Waals surface area contributed by atoms with E-state index >= 15 is 0 Å². The Kier molecular flexibility index (Phi) is 3.31. The Hall–Kier alpha value is -1.38. The normalized spacial score (nSPS) is 15.5. The number of aliphatic hydroxyl groups is 1. The summed E-state index contributed by atoms with van der Waals surface area (Å²) in [5.41, 5.74) is 0.628. The van der Waals surface area contributed by atoms with Gasteiger partial charge in [-0.25, -0.2) is 13.4 Å². The summed E-state index contributed by atoms with van der Waals surface area (Å²) in [7, 11) is -3.65. The first-order valence-electron chi connectivity index (χ1n) is 6.26. The van der Waals surface area contributed by atoms with E-state index in [1.807, 2.05) is 11.5 Å². The van der Waals surface area contributed by atoms with Gasteiger partial charge >= 0.3 is 0 Å². The van der Waals surface area contributed by atoms with Crippen LogP contribution in [0.15, 0.2) is 23.4 Å². The quantitative estimate of drug-likeness (QED) is 0.882. The van der Waals surface area contributed by atoms with Gasteiger partial charge in [0.1, 0.15) is 4.90 Å². The van der Waals surface area contributed by atoms with Gasteiger partial charge in [-0.2, -0.15) is 0 Å². The van der Waals surface area contributed by atoms with E-state index in [4.69, 9.17) is 0 Å². The number of aliphatic hydroxyl groups excluding tert-OH is 1. The highest BCUT2D eigenvalue weighted by Crippen LogP contribution is 2.37. The molecule has 0 aromatic carbocycles. The second-order valence-electron chi connectivity index (χ2n) is 4.85. The van der Waals surface area contributed by atoms with Crippen LogP contribution in [0.25, 0.3) is 0 Å². The van der Waals surface area contributed by atoms with E-state index in [0.29, 0.717) is 16.9 Å². The van der Waals surface area contributed by atoms with Crippen LogP contribution in [0.2, 0.25) is 0 Å². The summed E-state index contributed by atoms with van der Waals surface area (Å²) in [5.74, 6) is 0. The third-order valence-electron chi connectivity index (χ3n) is 3.16. The zero-order chi connectivity index (χ0) is 14.3. The van der Waals surface area contributed by atoms with Crippen molar-refractivity contribution in [3.63, 3.8) is 0 Å². The molecule has 1 aliphatic carbocycles. The van der Waals surface area contributed by atoms with E-state index in [1.165, 1.54) is 17.4 Å². The summed E-state index contributed by atoms with van der Waals surface area (Å²) >= 11 is 1.29. The number of aryl methyl sites for hydroxylation is 1. The summed E-state index contributed by atoms with van der Waals surface area (Å²) in [4.78, 5) is 5.10. The highest BCUT2D eigenvalue weighted by atomic mass is 32.2. The molecule has 1 fully saturated rings. The largest absolute Gasteiger partial charge is 0.390 e. The molecule has 20 heavy (non-hydrogen) atoms. The minimum atomic E-state index is -3.65. The summed E-state index contributed by atoms with van der Waals surface area (Å²) in [5, 5.41) is 9.67. The van der Waals surface area contributed by atoms with Crippen LogP contribution in [-0.2, 0) is 16.6 Å². The zero-order valence-corrected chi connectivity index (χ0v) is 12.5. The summed E-state index contributed by atoms with van der Waals surface area (Å²) in [6, 6.07) is 1.84. The molecule has 2 aromatic heterocycles. The van der Waals surface area contributed by atoms with Crippen molar-refractivity contribution in [3.05, 3.63) is 29.0 Å². The number of aromatic nitrogens is 2. The Morgan fingerprint density at radius 2 is 2.30 bits per heavy atom. The maximum absolute atomic E-state index is 12.3. The number of sulfonamides is 1. The molecule has 2 N–H and O–H groups in total. The van der Waals surface area contributed by atoms with Gasteiger partial charge in [-0.05, 0) is 25.8 Å². The van der Waals surface area contributed by atoms with Gasteiger partial charge in [0.05, 0.1) is 6.61 Å². The number of thiazole rings is 1. The van der Waals surface area contributed by atoms with Crippen LogP contribution in [0.4, 0.5) is 5.13 Å². The van der Waals surface area contributed by atoms with Crippen molar-refractivity contribution in [2.75, 3.05) is 4.72 Å². The molecule has 0 aliphatic heterocycles. The zero-order valence-electron chi connectivity index (χ0n) is 10.9. The molecule has 0 atom stereocenters. The van der Waals surface area contributed by atoms with Crippen LogP contribution in [0, 0.1) is 6.92 Å². The Morgan fingerprint density at radius 3 is 2.85 bits per heavy atom. The number of anilines is 1. The smallest absolute Gasteiger partial charge is 0.265 e. The minimum Gasteiger partial charge on any atom is -0.390 e. The fraction of sp³-hybridized carbons (Fsp3) is 0.417. The second-order valence-corrected chi connectivity index (χ2v) is 7.76. The summed E-state index contributed by atoms with van der Waals surface area (Å²) in [6.07, 6.45) is 5.27. The molecule has 108 valence electrons. The van der Waals surface area contributed by atoms with Crippen molar-refractivity contribution in [3.8, 4) is 0 Å². The first-order chi connectivity index (χ1) is 9.49. The lowest BCUT2D eigenvalue weighted by atomic mass is 10.4. The summed E-state index contributed by atoms with van der Waals surface area (Å²) < 4.78 is 28.9. The number of hydrogen-bond acceptors (Lipinski definition) is 5. The van der Waals surface area contributed by atoms with E-state index in [2.05, 4.69) is 9.71 Å². The number of hydrogen-bond donors (Lipinski definition) is 2. The van der Waals surface area contributed by atoms with Gasteiger partial charge < -0.3 is 9.67 Å². The van der Waals surface area contributed by atoms with Gasteiger partial charge in [0, 0.05) is 29.0 Å². The molecule has 0 unspecified atom stereocenters. The maximum Gasteiger partial charge on any atom is 0.265 e. The first kappa shape index (κ1) is 13.6. The van der Waals surface area contributed by atoms with Crippen molar-refractivity contribution < 1.29 is 13.5 Å². The van der Waals surface area contributed by atoms with Gasteiger partial charge in [-0.3, -0.25) is 4.72 Å². The molecule has 1 aliphatic rings. The van der Waals surface area contributed by atoms with E-state index in [0.717, 1.165) is 17.7 Å². The fourth-order valence-corrected chi connectivity index (χ4v) is 3.99. The molecule has 3 rings (SSSR count). The van der Waals surface area contributed by atoms with Crippen molar-refractivity contribution >= 4 is 26.5 Å². The number of rotatable bonds is 5. The SMILES string of the molecule is Cc1cnc(NS(=O)(=O)c2cc(CO)n(C3CC3)c2)s1. The maximum atomic E-state index is 12.3. The molecule has 2 heterocycles. The molecular formula is C12H15N3O3S2. The fourth-order valence-electron chi connectivity index (χ4n) is 2.04. The van der Waals surface area contributed by atoms with Gasteiger partial charge in [0.2, 0.25) is 0 Å². The van der Waals surface area contributed by atoms with E-state index in [1.54, 1.807) is 12.4 Å². The molecule has 1 saturated carbocycles. The monoisotopic (exact) mass is 313 g/mol. The van der Waals surface area contributed by atoms with Crippen LogP contribution in [-0.4, -0.2) is 23.1 Å². The standard InChI is InChI=1S/C12H15N3O3S2/c1-8-5-13-12(19-8)14-20(17,18)11-4-10(7-16)15(6-11)9-2-3-9/h4-6,9,16H,2-3,7H2,1H3,(H,13,14). The molecular weight excluding hydrogens is 298 g/mol. The van der Waals surface area contributed by atoms with Crippen LogP contribution in [0.3, 0.4) is 0 Å². The Balaban J connectivity index is 1.90. The minimum absolute atomic E-state index is 0.164. The lowest BCUT2D eigenvalue weighted by Crippen LogP contribution is -2.12. The average molecular weight is 313 g/mol. The van der Waals surface area contributed by atoms with Crippen molar-refractivity contribution in [1.82, 2.24) is 9.55 Å². The number of nitrogens with zero attached hydrogens (tertiary/aromatic N) is 2. The first-order valence-corrected chi connectivity index (χ1v) is 8.56. The Bertz CT molecular complexity index is 729. The van der Waals surface area contributed by atoms with Gasteiger partial charge in [0.25, 0.3) is 10.0 Å². The van der Waals surface area contributed by atoms with Crippen molar-refractivity contribution in [2.24, 2.45) is 0 Å². The van der Waals surface area contributed by atoms with Gasteiger partial charge in [-0.15, -0.1) is 11.3 Å². The Morgan fingerprint density at radius 1 is 1.55 bits per heavy atom. The average Bonchev–Trinajstić information content (AvgIpc) is 3.01. The third-order valence-corrected chi connectivity index (χ3v) is 5.43. The third kappa shape index (κ3) is 2.58. The van der Waals surface area contributed by atoms with Crippen molar-refractivity contribution in [1.29, 1.82) is 0 Å². The van der Waals surface area contributed by atoms with Crippen LogP contribution < -0.4 is 4.72 Å². The molecule has 8 heteroatoms. The molecule has 0 spiro atoms. The lowest BCUT2D eigenvalue weighted by Gasteiger charge is -2.03. The van der Waals surface area contributed by atoms with Gasteiger partial charge in [-0.1, -0.05) is 0 Å². The van der Waals surface area contributed by atoms with Crippen LogP contribution in [0.5, 0.6) is 0 Å². The molecule has 0 bridgehead atoms. The Labute approximate surface area is 121 Å². The van der Waals surface area contributed by atoms with E-state index in [9.17, 15) is 13.5 Å². The molecule has 0 amide bonds. The predicted octanol–water partition coefficient (Wildman–Crippen LogP) is 1.88. The van der Waals surface area contributed by atoms with Crippen LogP contribution in [0.1, 0.15) is 29.5 Å². The highest BCUT2D eigenvalue weighted by molar-refractivity contribution is 7.93. The highest BCUT2D eigenvalue weighted by Gasteiger charge is 2.28. The topological polar surface area (TPSA) is 84.2 Å². The lowest BCUT2D eigenvalue weighted by molar-refractivity contribution is 0.270. The van der Waals surface area contributed by atoms with Crippen molar-refractivity contribution in [2.45, 2.75) is 37.3 Å².